The molecule has 5 nitrogen and oxygen atoms in total. The molecule has 27 heavy (non-hydrogen) atoms. The number of hydrogen-bond donors (Lipinski definition) is 3. The van der Waals surface area contributed by atoms with Gasteiger partial charge in [0.1, 0.15) is 0 Å². The second-order valence-electron chi connectivity index (χ2n) is 7.16. The molecular formula is C22H27N3O2. The molecule has 5 heteroatoms. The summed E-state index contributed by atoms with van der Waals surface area (Å²) in [5.74, 6) is 0.282. The summed E-state index contributed by atoms with van der Waals surface area (Å²) >= 11 is 0. The number of benzene rings is 2. The first-order valence-corrected chi connectivity index (χ1v) is 9.62. The molecule has 0 radical (unpaired) electrons. The molecule has 2 amide bonds. The van der Waals surface area contributed by atoms with Crippen molar-refractivity contribution in [1.29, 1.82) is 0 Å². The van der Waals surface area contributed by atoms with Crippen molar-refractivity contribution in [3.8, 4) is 0 Å². The molecule has 0 saturated heterocycles. The van der Waals surface area contributed by atoms with Gasteiger partial charge in [-0.25, -0.2) is 0 Å². The van der Waals surface area contributed by atoms with Crippen LogP contribution in [0.2, 0.25) is 0 Å². The quantitative estimate of drug-likeness (QED) is 0.723. The SMILES string of the molecule is CC1CCCCC1NC(=O)CNc1ccccc1C(=O)Nc1ccccc1. The lowest BCUT2D eigenvalue weighted by molar-refractivity contribution is -0.120. The zero-order valence-corrected chi connectivity index (χ0v) is 15.7. The Balaban J connectivity index is 1.58. The molecule has 0 bridgehead atoms. The van der Waals surface area contributed by atoms with Crippen molar-refractivity contribution in [2.45, 2.75) is 38.6 Å². The van der Waals surface area contributed by atoms with Crippen LogP contribution in [0.3, 0.4) is 0 Å². The minimum atomic E-state index is -0.203. The molecule has 2 aromatic rings. The van der Waals surface area contributed by atoms with Crippen molar-refractivity contribution >= 4 is 23.2 Å². The van der Waals surface area contributed by atoms with Crippen molar-refractivity contribution < 1.29 is 9.59 Å². The second kappa shape index (κ2) is 9.21. The van der Waals surface area contributed by atoms with E-state index >= 15 is 0 Å². The average molecular weight is 365 g/mol. The minimum Gasteiger partial charge on any atom is -0.376 e. The number of amides is 2. The van der Waals surface area contributed by atoms with Gasteiger partial charge in [-0.15, -0.1) is 0 Å². The molecular weight excluding hydrogens is 338 g/mol. The zero-order valence-electron chi connectivity index (χ0n) is 15.7. The lowest BCUT2D eigenvalue weighted by atomic mass is 9.86. The molecule has 3 N–H and O–H groups in total. The lowest BCUT2D eigenvalue weighted by Crippen LogP contribution is -2.43. The van der Waals surface area contributed by atoms with E-state index in [0.29, 0.717) is 17.2 Å². The van der Waals surface area contributed by atoms with Gasteiger partial charge in [0.2, 0.25) is 5.91 Å². The Morgan fingerprint density at radius 1 is 0.963 bits per heavy atom. The Hall–Kier alpha value is -2.82. The first-order chi connectivity index (χ1) is 13.1. The predicted octanol–water partition coefficient (Wildman–Crippen LogP) is 4.05. The Morgan fingerprint density at radius 3 is 2.44 bits per heavy atom. The van der Waals surface area contributed by atoms with E-state index in [1.54, 1.807) is 6.07 Å². The maximum atomic E-state index is 12.6. The van der Waals surface area contributed by atoms with Gasteiger partial charge in [-0.1, -0.05) is 50.1 Å². The fourth-order valence-corrected chi connectivity index (χ4v) is 3.52. The van der Waals surface area contributed by atoms with Gasteiger partial charge < -0.3 is 16.0 Å². The van der Waals surface area contributed by atoms with Crippen LogP contribution in [0.4, 0.5) is 11.4 Å². The summed E-state index contributed by atoms with van der Waals surface area (Å²) in [5.41, 5.74) is 1.90. The Morgan fingerprint density at radius 2 is 1.67 bits per heavy atom. The summed E-state index contributed by atoms with van der Waals surface area (Å²) in [6, 6.07) is 16.8. The summed E-state index contributed by atoms with van der Waals surface area (Å²) in [6.45, 7) is 2.35. The molecule has 0 aromatic heterocycles. The number of hydrogen-bond acceptors (Lipinski definition) is 3. The Labute approximate surface area is 160 Å². The number of carbonyl (C=O) groups excluding carboxylic acids is 2. The predicted molar refractivity (Wildman–Crippen MR) is 109 cm³/mol. The van der Waals surface area contributed by atoms with Crippen LogP contribution in [-0.4, -0.2) is 24.4 Å². The summed E-state index contributed by atoms with van der Waals surface area (Å²) in [7, 11) is 0. The van der Waals surface area contributed by atoms with Gasteiger partial charge in [0.05, 0.1) is 12.1 Å². The second-order valence-corrected chi connectivity index (χ2v) is 7.16. The van der Waals surface area contributed by atoms with Gasteiger partial charge in [-0.3, -0.25) is 9.59 Å². The summed E-state index contributed by atoms with van der Waals surface area (Å²) in [4.78, 5) is 24.9. The minimum absolute atomic E-state index is 0.0352. The van der Waals surface area contributed by atoms with Crippen molar-refractivity contribution in [3.63, 3.8) is 0 Å². The topological polar surface area (TPSA) is 70.2 Å². The van der Waals surface area contributed by atoms with Crippen LogP contribution in [0.25, 0.3) is 0 Å². The van der Waals surface area contributed by atoms with Crippen LogP contribution >= 0.6 is 0 Å². The molecule has 1 fully saturated rings. The van der Waals surface area contributed by atoms with Crippen LogP contribution in [-0.2, 0) is 4.79 Å². The van der Waals surface area contributed by atoms with E-state index in [1.165, 1.54) is 19.3 Å². The van der Waals surface area contributed by atoms with Crippen LogP contribution in [0, 0.1) is 5.92 Å². The number of rotatable bonds is 6. The summed E-state index contributed by atoms with van der Waals surface area (Å²) in [6.07, 6.45) is 4.63. The number of carbonyl (C=O) groups is 2. The average Bonchev–Trinajstić information content (AvgIpc) is 2.69. The maximum absolute atomic E-state index is 12.6. The van der Waals surface area contributed by atoms with E-state index in [2.05, 4.69) is 22.9 Å². The molecule has 2 aromatic carbocycles. The normalized spacial score (nSPS) is 19.1. The Kier molecular flexibility index (Phi) is 6.47. The fraction of sp³-hybridized carbons (Fsp3) is 0.364. The van der Waals surface area contributed by atoms with E-state index in [0.717, 1.165) is 12.1 Å². The first-order valence-electron chi connectivity index (χ1n) is 9.62. The van der Waals surface area contributed by atoms with E-state index in [-0.39, 0.29) is 24.4 Å². The highest BCUT2D eigenvalue weighted by atomic mass is 16.2. The van der Waals surface area contributed by atoms with Gasteiger partial charge in [0, 0.05) is 17.4 Å². The number of para-hydroxylation sites is 2. The summed E-state index contributed by atoms with van der Waals surface area (Å²) < 4.78 is 0. The highest BCUT2D eigenvalue weighted by molar-refractivity contribution is 6.08. The van der Waals surface area contributed by atoms with Gasteiger partial charge in [-0.05, 0) is 43.0 Å². The molecule has 0 spiro atoms. The molecule has 2 unspecified atom stereocenters. The van der Waals surface area contributed by atoms with Crippen molar-refractivity contribution in [2.24, 2.45) is 5.92 Å². The highest BCUT2D eigenvalue weighted by Gasteiger charge is 2.22. The van der Waals surface area contributed by atoms with Crippen molar-refractivity contribution in [1.82, 2.24) is 5.32 Å². The number of nitrogens with one attached hydrogen (secondary N) is 3. The molecule has 3 rings (SSSR count). The molecule has 1 aliphatic rings. The van der Waals surface area contributed by atoms with Gasteiger partial charge >= 0.3 is 0 Å². The molecule has 1 aliphatic carbocycles. The molecule has 0 heterocycles. The van der Waals surface area contributed by atoms with Crippen LogP contribution in [0.15, 0.2) is 54.6 Å². The van der Waals surface area contributed by atoms with Crippen molar-refractivity contribution in [2.75, 3.05) is 17.2 Å². The monoisotopic (exact) mass is 365 g/mol. The third-order valence-electron chi connectivity index (χ3n) is 5.10. The molecule has 2 atom stereocenters. The zero-order chi connectivity index (χ0) is 19.1. The maximum Gasteiger partial charge on any atom is 0.257 e. The standard InChI is InChI=1S/C22H27N3O2/c1-16-9-5-7-13-19(16)25-21(26)15-23-20-14-8-6-12-18(20)22(27)24-17-10-3-2-4-11-17/h2-4,6,8,10-12,14,16,19,23H,5,7,9,13,15H2,1H3,(H,24,27)(H,25,26). The van der Waals surface area contributed by atoms with E-state index in [9.17, 15) is 9.59 Å². The van der Waals surface area contributed by atoms with E-state index in [1.807, 2.05) is 48.5 Å². The van der Waals surface area contributed by atoms with Crippen LogP contribution in [0.1, 0.15) is 43.0 Å². The van der Waals surface area contributed by atoms with Gasteiger partial charge in [0.15, 0.2) is 0 Å². The third-order valence-corrected chi connectivity index (χ3v) is 5.10. The van der Waals surface area contributed by atoms with Gasteiger partial charge in [0.25, 0.3) is 5.91 Å². The lowest BCUT2D eigenvalue weighted by Gasteiger charge is -2.29. The first kappa shape index (κ1) is 19.0. The van der Waals surface area contributed by atoms with E-state index in [4.69, 9.17) is 0 Å². The molecule has 0 aliphatic heterocycles. The smallest absolute Gasteiger partial charge is 0.257 e. The van der Waals surface area contributed by atoms with Crippen molar-refractivity contribution in [3.05, 3.63) is 60.2 Å². The molecule has 142 valence electrons. The van der Waals surface area contributed by atoms with Gasteiger partial charge in [-0.2, -0.15) is 0 Å². The number of anilines is 2. The Bertz CT molecular complexity index is 776. The van der Waals surface area contributed by atoms with Crippen LogP contribution in [0.5, 0.6) is 0 Å². The molecule has 1 saturated carbocycles. The highest BCUT2D eigenvalue weighted by Crippen LogP contribution is 2.23. The largest absolute Gasteiger partial charge is 0.376 e. The van der Waals surface area contributed by atoms with Crippen LogP contribution < -0.4 is 16.0 Å². The van der Waals surface area contributed by atoms with E-state index < -0.39 is 0 Å². The fourth-order valence-electron chi connectivity index (χ4n) is 3.52. The summed E-state index contributed by atoms with van der Waals surface area (Å²) in [5, 5.41) is 9.11. The third kappa shape index (κ3) is 5.33.